The van der Waals surface area contributed by atoms with Crippen molar-refractivity contribution in [2.24, 2.45) is 0 Å². The second-order valence-corrected chi connectivity index (χ2v) is 4.94. The molecule has 1 N–H and O–H groups in total. The minimum absolute atomic E-state index is 0.258. The number of aromatic amines is 1. The lowest BCUT2D eigenvalue weighted by Crippen LogP contribution is -2.03. The molecule has 0 radical (unpaired) electrons. The summed E-state index contributed by atoms with van der Waals surface area (Å²) < 4.78 is 4.86. The molecule has 106 valence electrons. The van der Waals surface area contributed by atoms with Crippen molar-refractivity contribution in [1.29, 1.82) is 0 Å². The number of unbranched alkanes of at least 4 members (excludes halogenated alkanes) is 1. The highest BCUT2D eigenvalue weighted by atomic mass is 16.5. The molecule has 0 spiro atoms. The molecular weight excluding hydrogens is 250 g/mol. The van der Waals surface area contributed by atoms with Gasteiger partial charge in [-0.15, -0.1) is 0 Å². The first-order valence-corrected chi connectivity index (χ1v) is 7.07. The predicted octanol–water partition coefficient (Wildman–Crippen LogP) is 3.73. The van der Waals surface area contributed by atoms with Crippen LogP contribution in [-0.2, 0) is 17.6 Å². The van der Waals surface area contributed by atoms with Crippen LogP contribution in [0.4, 0.5) is 0 Å². The first-order valence-electron chi connectivity index (χ1n) is 7.07. The van der Waals surface area contributed by atoms with E-state index in [-0.39, 0.29) is 5.97 Å². The topological polar surface area (TPSA) is 42.1 Å². The molecule has 20 heavy (non-hydrogen) atoms. The molecule has 0 aliphatic rings. The van der Waals surface area contributed by atoms with Crippen molar-refractivity contribution in [1.82, 2.24) is 4.98 Å². The van der Waals surface area contributed by atoms with Gasteiger partial charge in [0.15, 0.2) is 0 Å². The van der Waals surface area contributed by atoms with E-state index in [1.807, 2.05) is 24.3 Å². The molecule has 2 rings (SSSR count). The van der Waals surface area contributed by atoms with Crippen molar-refractivity contribution in [3.63, 3.8) is 0 Å². The van der Waals surface area contributed by atoms with Crippen LogP contribution in [0.15, 0.2) is 36.4 Å². The minimum atomic E-state index is -0.258. The zero-order valence-corrected chi connectivity index (χ0v) is 12.1. The van der Waals surface area contributed by atoms with Gasteiger partial charge in [0.25, 0.3) is 0 Å². The van der Waals surface area contributed by atoms with Crippen LogP contribution in [0, 0.1) is 0 Å². The molecule has 0 bridgehead atoms. The lowest BCUT2D eigenvalue weighted by atomic mass is 10.1. The van der Waals surface area contributed by atoms with Gasteiger partial charge in [0, 0.05) is 17.8 Å². The number of hydrogen-bond acceptors (Lipinski definition) is 2. The summed E-state index contributed by atoms with van der Waals surface area (Å²) in [5, 5.41) is 0. The summed E-state index contributed by atoms with van der Waals surface area (Å²) in [5.74, 6) is -0.258. The minimum Gasteiger partial charge on any atom is -0.465 e. The largest absolute Gasteiger partial charge is 0.465 e. The number of carbonyl (C=O) groups excluding carboxylic acids is 1. The van der Waals surface area contributed by atoms with Crippen LogP contribution in [0.1, 0.15) is 47.1 Å². The lowest BCUT2D eigenvalue weighted by Gasteiger charge is -2.01. The fourth-order valence-corrected chi connectivity index (χ4v) is 2.31. The molecule has 0 fully saturated rings. The third-order valence-corrected chi connectivity index (χ3v) is 3.38. The van der Waals surface area contributed by atoms with Crippen LogP contribution in [0.25, 0.3) is 0 Å². The van der Waals surface area contributed by atoms with E-state index >= 15 is 0 Å². The van der Waals surface area contributed by atoms with Crippen molar-refractivity contribution >= 4 is 5.97 Å². The fraction of sp³-hybridized carbons (Fsp3) is 0.353. The van der Waals surface area contributed by atoms with Gasteiger partial charge in [-0.2, -0.15) is 0 Å². The smallest absolute Gasteiger partial charge is 0.339 e. The number of ether oxygens (including phenoxy) is 1. The van der Waals surface area contributed by atoms with Crippen molar-refractivity contribution < 1.29 is 9.53 Å². The first kappa shape index (κ1) is 14.4. The van der Waals surface area contributed by atoms with Gasteiger partial charge in [-0.25, -0.2) is 4.79 Å². The molecule has 0 saturated carbocycles. The van der Waals surface area contributed by atoms with Crippen LogP contribution < -0.4 is 0 Å². The highest BCUT2D eigenvalue weighted by Gasteiger charge is 2.15. The molecule has 3 nitrogen and oxygen atoms in total. The van der Waals surface area contributed by atoms with E-state index in [0.717, 1.165) is 37.1 Å². The number of aryl methyl sites for hydroxylation is 1. The van der Waals surface area contributed by atoms with Crippen LogP contribution >= 0.6 is 0 Å². The number of carbonyl (C=O) groups is 1. The Morgan fingerprint density at radius 3 is 2.65 bits per heavy atom. The van der Waals surface area contributed by atoms with E-state index in [1.165, 1.54) is 12.7 Å². The van der Waals surface area contributed by atoms with Gasteiger partial charge in [0.05, 0.1) is 12.7 Å². The standard InChI is InChI=1S/C17H21NO2/c1-3-4-10-16-15(17(19)20-2)12-14(18-16)11-13-8-6-5-7-9-13/h5-9,12,18H,3-4,10-11H2,1-2H3. The van der Waals surface area contributed by atoms with Crippen LogP contribution in [0.3, 0.4) is 0 Å². The van der Waals surface area contributed by atoms with Crippen molar-refractivity contribution in [2.45, 2.75) is 32.6 Å². The van der Waals surface area contributed by atoms with Crippen LogP contribution in [0.2, 0.25) is 0 Å². The van der Waals surface area contributed by atoms with E-state index in [2.05, 4.69) is 24.0 Å². The predicted molar refractivity (Wildman–Crippen MR) is 80.0 cm³/mol. The Morgan fingerprint density at radius 1 is 1.25 bits per heavy atom. The monoisotopic (exact) mass is 271 g/mol. The zero-order valence-electron chi connectivity index (χ0n) is 12.1. The summed E-state index contributed by atoms with van der Waals surface area (Å²) in [7, 11) is 1.43. The third-order valence-electron chi connectivity index (χ3n) is 3.38. The van der Waals surface area contributed by atoms with E-state index in [0.29, 0.717) is 5.56 Å². The van der Waals surface area contributed by atoms with Gasteiger partial charge in [0.1, 0.15) is 0 Å². The van der Waals surface area contributed by atoms with E-state index < -0.39 is 0 Å². The zero-order chi connectivity index (χ0) is 14.4. The summed E-state index contributed by atoms with van der Waals surface area (Å²) >= 11 is 0. The average Bonchev–Trinajstić information content (AvgIpc) is 2.88. The summed E-state index contributed by atoms with van der Waals surface area (Å²) in [5.41, 5.74) is 3.95. The fourth-order valence-electron chi connectivity index (χ4n) is 2.31. The Hall–Kier alpha value is -2.03. The molecule has 0 amide bonds. The first-order chi connectivity index (χ1) is 9.74. The lowest BCUT2D eigenvalue weighted by molar-refractivity contribution is 0.0599. The number of esters is 1. The Balaban J connectivity index is 2.21. The van der Waals surface area contributed by atoms with Crippen molar-refractivity contribution in [3.8, 4) is 0 Å². The van der Waals surface area contributed by atoms with E-state index in [4.69, 9.17) is 4.74 Å². The van der Waals surface area contributed by atoms with E-state index in [1.54, 1.807) is 0 Å². The molecule has 1 heterocycles. The van der Waals surface area contributed by atoms with Crippen LogP contribution in [-0.4, -0.2) is 18.1 Å². The number of benzene rings is 1. The highest BCUT2D eigenvalue weighted by molar-refractivity contribution is 5.91. The third kappa shape index (κ3) is 3.50. The highest BCUT2D eigenvalue weighted by Crippen LogP contribution is 2.17. The maximum atomic E-state index is 11.8. The Labute approximate surface area is 120 Å². The molecule has 1 aromatic carbocycles. The average molecular weight is 271 g/mol. The second-order valence-electron chi connectivity index (χ2n) is 4.94. The summed E-state index contributed by atoms with van der Waals surface area (Å²) in [6, 6.07) is 12.2. The molecule has 0 unspecified atom stereocenters. The number of aromatic nitrogens is 1. The van der Waals surface area contributed by atoms with Gasteiger partial charge in [-0.3, -0.25) is 0 Å². The number of methoxy groups -OCH3 is 1. The maximum Gasteiger partial charge on any atom is 0.339 e. The van der Waals surface area contributed by atoms with Crippen molar-refractivity contribution in [3.05, 3.63) is 58.9 Å². The molecule has 0 saturated heterocycles. The quantitative estimate of drug-likeness (QED) is 0.813. The number of nitrogens with one attached hydrogen (secondary N) is 1. The molecular formula is C17H21NO2. The molecule has 0 aliphatic heterocycles. The van der Waals surface area contributed by atoms with Gasteiger partial charge in [0.2, 0.25) is 0 Å². The number of rotatable bonds is 6. The molecule has 2 aromatic rings. The van der Waals surface area contributed by atoms with Gasteiger partial charge in [-0.1, -0.05) is 43.7 Å². The van der Waals surface area contributed by atoms with E-state index in [9.17, 15) is 4.79 Å². The SMILES string of the molecule is CCCCc1[nH]c(Cc2ccccc2)cc1C(=O)OC. The normalized spacial score (nSPS) is 10.5. The Morgan fingerprint density at radius 2 is 2.00 bits per heavy atom. The number of hydrogen-bond donors (Lipinski definition) is 1. The molecule has 0 aliphatic carbocycles. The maximum absolute atomic E-state index is 11.8. The van der Waals surface area contributed by atoms with Crippen molar-refractivity contribution in [2.75, 3.05) is 7.11 Å². The van der Waals surface area contributed by atoms with Gasteiger partial charge < -0.3 is 9.72 Å². The van der Waals surface area contributed by atoms with Crippen LogP contribution in [0.5, 0.6) is 0 Å². The number of H-pyrrole nitrogens is 1. The Kier molecular flexibility index (Phi) is 4.99. The molecule has 1 aromatic heterocycles. The Bertz CT molecular complexity index is 558. The van der Waals surface area contributed by atoms with Gasteiger partial charge in [-0.05, 0) is 24.5 Å². The van der Waals surface area contributed by atoms with Gasteiger partial charge >= 0.3 is 5.97 Å². The second kappa shape index (κ2) is 6.94. The molecule has 3 heteroatoms. The molecule has 0 atom stereocenters. The summed E-state index contributed by atoms with van der Waals surface area (Å²) in [4.78, 5) is 15.2. The summed E-state index contributed by atoms with van der Waals surface area (Å²) in [6.07, 6.45) is 3.86. The summed E-state index contributed by atoms with van der Waals surface area (Å²) in [6.45, 7) is 2.14.